The van der Waals surface area contributed by atoms with E-state index in [1.165, 1.54) is 0 Å². The number of methoxy groups -OCH3 is 1. The van der Waals surface area contributed by atoms with Crippen LogP contribution in [0.2, 0.25) is 5.02 Å². The number of halogens is 1. The van der Waals surface area contributed by atoms with Crippen LogP contribution in [0.25, 0.3) is 0 Å². The van der Waals surface area contributed by atoms with Gasteiger partial charge in [0.15, 0.2) is 0 Å². The summed E-state index contributed by atoms with van der Waals surface area (Å²) in [7, 11) is 3.49. The van der Waals surface area contributed by atoms with Crippen LogP contribution in [0.3, 0.4) is 0 Å². The van der Waals surface area contributed by atoms with Gasteiger partial charge in [-0.05, 0) is 30.3 Å². The van der Waals surface area contributed by atoms with Crippen molar-refractivity contribution in [1.82, 2.24) is 14.9 Å². The Morgan fingerprint density at radius 3 is 2.56 bits per heavy atom. The standard InChI is InChI=1S/C19H18ClN3O2/c1-23-12-11-21-18(23)17(15-5-3-4-6-16(15)25-2)22-19(24)13-7-9-14(20)10-8-13/h3-12,17H,1-2H3,(H,22,24)/t17-/m0/s1. The first-order valence-electron chi connectivity index (χ1n) is 7.76. The van der Waals surface area contributed by atoms with Gasteiger partial charge in [-0.3, -0.25) is 4.79 Å². The number of ether oxygens (including phenoxy) is 1. The van der Waals surface area contributed by atoms with E-state index < -0.39 is 6.04 Å². The molecule has 1 heterocycles. The molecule has 0 aliphatic heterocycles. The Morgan fingerprint density at radius 2 is 1.92 bits per heavy atom. The van der Waals surface area contributed by atoms with E-state index >= 15 is 0 Å². The van der Waals surface area contributed by atoms with Gasteiger partial charge in [-0.2, -0.15) is 0 Å². The highest BCUT2D eigenvalue weighted by Gasteiger charge is 2.24. The van der Waals surface area contributed by atoms with Crippen LogP contribution in [-0.4, -0.2) is 22.6 Å². The maximum atomic E-state index is 12.7. The molecule has 6 heteroatoms. The Labute approximate surface area is 151 Å². The number of amides is 1. The molecule has 1 N–H and O–H groups in total. The first-order chi connectivity index (χ1) is 12.1. The summed E-state index contributed by atoms with van der Waals surface area (Å²) in [5.41, 5.74) is 1.36. The van der Waals surface area contributed by atoms with Crippen molar-refractivity contribution in [2.24, 2.45) is 7.05 Å². The van der Waals surface area contributed by atoms with Crippen molar-refractivity contribution < 1.29 is 9.53 Å². The van der Waals surface area contributed by atoms with Gasteiger partial charge < -0.3 is 14.6 Å². The van der Waals surface area contributed by atoms with Crippen molar-refractivity contribution in [3.05, 3.63) is 82.9 Å². The molecule has 0 bridgehead atoms. The highest BCUT2D eigenvalue weighted by Crippen LogP contribution is 2.29. The summed E-state index contributed by atoms with van der Waals surface area (Å²) in [6.07, 6.45) is 3.54. The second-order valence-corrected chi connectivity index (χ2v) is 5.99. The lowest BCUT2D eigenvalue weighted by Gasteiger charge is -2.21. The van der Waals surface area contributed by atoms with E-state index in [0.29, 0.717) is 22.2 Å². The molecular formula is C19H18ClN3O2. The molecule has 0 unspecified atom stereocenters. The van der Waals surface area contributed by atoms with Gasteiger partial charge in [0.1, 0.15) is 17.6 Å². The van der Waals surface area contributed by atoms with Crippen molar-refractivity contribution >= 4 is 17.5 Å². The summed E-state index contributed by atoms with van der Waals surface area (Å²) in [6, 6.07) is 13.9. The van der Waals surface area contributed by atoms with E-state index in [-0.39, 0.29) is 5.91 Å². The van der Waals surface area contributed by atoms with Gasteiger partial charge in [0.05, 0.1) is 7.11 Å². The molecule has 0 spiro atoms. The lowest BCUT2D eigenvalue weighted by atomic mass is 10.0. The molecular weight excluding hydrogens is 338 g/mol. The van der Waals surface area contributed by atoms with Crippen molar-refractivity contribution in [2.45, 2.75) is 6.04 Å². The Kier molecular flexibility index (Phi) is 5.05. The highest BCUT2D eigenvalue weighted by atomic mass is 35.5. The highest BCUT2D eigenvalue weighted by molar-refractivity contribution is 6.30. The average Bonchev–Trinajstić information content (AvgIpc) is 3.06. The van der Waals surface area contributed by atoms with Crippen molar-refractivity contribution in [2.75, 3.05) is 7.11 Å². The Balaban J connectivity index is 1.99. The number of carbonyl (C=O) groups excluding carboxylic acids is 1. The van der Waals surface area contributed by atoms with Crippen LogP contribution in [0.1, 0.15) is 27.8 Å². The van der Waals surface area contributed by atoms with Gasteiger partial charge in [-0.15, -0.1) is 0 Å². The number of nitrogens with zero attached hydrogens (tertiary/aromatic N) is 2. The summed E-state index contributed by atoms with van der Waals surface area (Å²) in [5.74, 6) is 1.19. The quantitative estimate of drug-likeness (QED) is 0.760. The third kappa shape index (κ3) is 3.67. The fourth-order valence-electron chi connectivity index (χ4n) is 2.66. The molecule has 1 aromatic heterocycles. The zero-order valence-corrected chi connectivity index (χ0v) is 14.7. The van der Waals surface area contributed by atoms with Crippen LogP contribution >= 0.6 is 11.6 Å². The molecule has 0 saturated carbocycles. The van der Waals surface area contributed by atoms with Gasteiger partial charge in [0.2, 0.25) is 0 Å². The maximum absolute atomic E-state index is 12.7. The Hall–Kier alpha value is -2.79. The number of aromatic nitrogens is 2. The first-order valence-corrected chi connectivity index (χ1v) is 8.14. The lowest BCUT2D eigenvalue weighted by Crippen LogP contribution is -2.31. The molecule has 0 radical (unpaired) electrons. The minimum absolute atomic E-state index is 0.212. The fraction of sp³-hybridized carbons (Fsp3) is 0.158. The molecule has 3 rings (SSSR count). The van der Waals surface area contributed by atoms with Gasteiger partial charge in [-0.1, -0.05) is 29.8 Å². The summed E-state index contributed by atoms with van der Waals surface area (Å²) in [6.45, 7) is 0. The molecule has 3 aromatic rings. The van der Waals surface area contributed by atoms with Gasteiger partial charge in [0, 0.05) is 35.6 Å². The minimum atomic E-state index is -0.445. The number of hydrogen-bond acceptors (Lipinski definition) is 3. The van der Waals surface area contributed by atoms with Crippen LogP contribution in [0.4, 0.5) is 0 Å². The molecule has 25 heavy (non-hydrogen) atoms. The number of rotatable bonds is 5. The summed E-state index contributed by atoms with van der Waals surface area (Å²) < 4.78 is 7.34. The van der Waals surface area contributed by atoms with Crippen molar-refractivity contribution in [3.63, 3.8) is 0 Å². The average molecular weight is 356 g/mol. The Morgan fingerprint density at radius 1 is 1.20 bits per heavy atom. The molecule has 5 nitrogen and oxygen atoms in total. The summed E-state index contributed by atoms with van der Waals surface area (Å²) in [4.78, 5) is 17.1. The molecule has 0 aliphatic rings. The number of aryl methyl sites for hydroxylation is 1. The zero-order chi connectivity index (χ0) is 17.8. The van der Waals surface area contributed by atoms with E-state index in [0.717, 1.165) is 5.56 Å². The van der Waals surface area contributed by atoms with E-state index in [1.807, 2.05) is 42.1 Å². The van der Waals surface area contributed by atoms with Gasteiger partial charge >= 0.3 is 0 Å². The minimum Gasteiger partial charge on any atom is -0.496 e. The largest absolute Gasteiger partial charge is 0.496 e. The van der Waals surface area contributed by atoms with E-state index in [2.05, 4.69) is 10.3 Å². The van der Waals surface area contributed by atoms with Crippen LogP contribution in [0.15, 0.2) is 60.9 Å². The normalized spacial score (nSPS) is 11.8. The number of nitrogens with one attached hydrogen (secondary N) is 1. The van der Waals surface area contributed by atoms with Crippen LogP contribution in [0, 0.1) is 0 Å². The SMILES string of the molecule is COc1ccccc1[C@H](NC(=O)c1ccc(Cl)cc1)c1nccn1C. The molecule has 128 valence electrons. The molecule has 2 aromatic carbocycles. The number of para-hydroxylation sites is 1. The Bertz CT molecular complexity index is 874. The number of hydrogen-bond donors (Lipinski definition) is 1. The second-order valence-electron chi connectivity index (χ2n) is 5.55. The molecule has 1 amide bonds. The third-order valence-corrected chi connectivity index (χ3v) is 4.20. The fourth-order valence-corrected chi connectivity index (χ4v) is 2.78. The number of benzene rings is 2. The van der Waals surface area contributed by atoms with Gasteiger partial charge in [-0.25, -0.2) is 4.98 Å². The predicted molar refractivity (Wildman–Crippen MR) is 97.0 cm³/mol. The van der Waals surface area contributed by atoms with Crippen LogP contribution in [-0.2, 0) is 7.05 Å². The first kappa shape index (κ1) is 17.0. The van der Waals surface area contributed by atoms with Gasteiger partial charge in [0.25, 0.3) is 5.91 Å². The smallest absolute Gasteiger partial charge is 0.252 e. The van der Waals surface area contributed by atoms with E-state index in [9.17, 15) is 4.79 Å². The van der Waals surface area contributed by atoms with Crippen molar-refractivity contribution in [1.29, 1.82) is 0 Å². The molecule has 0 aliphatic carbocycles. The van der Waals surface area contributed by atoms with Crippen LogP contribution in [0.5, 0.6) is 5.75 Å². The summed E-state index contributed by atoms with van der Waals surface area (Å²) in [5, 5.41) is 3.63. The number of carbonyl (C=O) groups is 1. The van der Waals surface area contributed by atoms with E-state index in [4.69, 9.17) is 16.3 Å². The number of imidazole rings is 1. The van der Waals surface area contributed by atoms with Crippen molar-refractivity contribution in [3.8, 4) is 5.75 Å². The topological polar surface area (TPSA) is 56.1 Å². The molecule has 1 atom stereocenters. The zero-order valence-electron chi connectivity index (χ0n) is 13.9. The molecule has 0 fully saturated rings. The second kappa shape index (κ2) is 7.40. The predicted octanol–water partition coefficient (Wildman–Crippen LogP) is 3.60. The lowest BCUT2D eigenvalue weighted by molar-refractivity contribution is 0.0941. The van der Waals surface area contributed by atoms with E-state index in [1.54, 1.807) is 37.6 Å². The molecule has 0 saturated heterocycles. The monoisotopic (exact) mass is 355 g/mol. The van der Waals surface area contributed by atoms with Crippen LogP contribution < -0.4 is 10.1 Å². The maximum Gasteiger partial charge on any atom is 0.252 e. The summed E-state index contributed by atoms with van der Waals surface area (Å²) >= 11 is 5.90. The third-order valence-electron chi connectivity index (χ3n) is 3.95.